The summed E-state index contributed by atoms with van der Waals surface area (Å²) < 4.78 is 149. The van der Waals surface area contributed by atoms with Crippen molar-refractivity contribution >= 4 is 95.1 Å². The van der Waals surface area contributed by atoms with Crippen molar-refractivity contribution in [1.82, 2.24) is 68.7 Å². The predicted octanol–water partition coefficient (Wildman–Crippen LogP) is 5.12. The number of carbonyl (C=O) groups is 14. The van der Waals surface area contributed by atoms with Crippen LogP contribution >= 0.6 is 0 Å². The van der Waals surface area contributed by atoms with Crippen molar-refractivity contribution in [3.05, 3.63) is 203 Å². The number of nitrogens with zero attached hydrogens (tertiary/aromatic N) is 3. The number of nitrogens with one attached hydrogen (secondary N) is 12. The summed E-state index contributed by atoms with van der Waals surface area (Å²) in [5, 5.41) is 81.7. The van der Waals surface area contributed by atoms with E-state index < -0.39 is 96.4 Å². The summed E-state index contributed by atoms with van der Waals surface area (Å²) in [5.74, 6) is -14.8. The molecule has 6 aromatic carbocycles. The van der Waals surface area contributed by atoms with E-state index in [1.54, 1.807) is 24.3 Å². The second-order valence-corrected chi connectivity index (χ2v) is 30.4. The highest BCUT2D eigenvalue weighted by molar-refractivity contribution is 5.95. The molecular formula is C92H120F12N18O24. The molecule has 0 unspecified atom stereocenters. The number of benzene rings is 6. The van der Waals surface area contributed by atoms with Crippen LogP contribution in [-0.4, -0.2) is 299 Å². The summed E-state index contributed by atoms with van der Waals surface area (Å²) in [6.45, 7) is 5.94. The molecule has 0 aromatic heterocycles. The molecule has 54 heteroatoms. The Labute approximate surface area is 829 Å². The molecule has 0 saturated heterocycles. The fourth-order valence-electron chi connectivity index (χ4n) is 11.9. The van der Waals surface area contributed by atoms with Crippen molar-refractivity contribution < 1.29 is 169 Å². The Morgan fingerprint density at radius 1 is 0.315 bits per heavy atom. The SMILES string of the molecule is NCCN(CCNC(=O)CCCC(=O)NCCOCCOCCNC(=O)/N=C(/N)NCCC[C@@H](NC(=O)C(c1ccccc1)c1ccccc1)C(=O)NCc1ccc(O)cc1)CCNC(=O)CCCC(=O)NCCOCCOCCNC(=O)/N=C(/N)NCCC[C@@H](NC(=O)C(c1ccccc1)c1ccccc1)C(=O)NCc1ccc(O)cc1.O=C(O)C(F)(F)F.O=C(O)C(F)(F)F.O=C(O)C(F)(F)F.O=C(O)C(F)(F)F. The summed E-state index contributed by atoms with van der Waals surface area (Å²) in [7, 11) is 0. The number of phenols is 2. The molecule has 0 aliphatic rings. The highest BCUT2D eigenvalue weighted by Crippen LogP contribution is 2.28. The third-order valence-corrected chi connectivity index (χ3v) is 19.0. The first kappa shape index (κ1) is 127. The van der Waals surface area contributed by atoms with Crippen molar-refractivity contribution in [2.75, 3.05) is 131 Å². The lowest BCUT2D eigenvalue weighted by Crippen LogP contribution is -2.48. The lowest BCUT2D eigenvalue weighted by Gasteiger charge is -2.23. The van der Waals surface area contributed by atoms with E-state index in [4.69, 9.17) is 75.8 Å². The van der Waals surface area contributed by atoms with Crippen LogP contribution in [0.1, 0.15) is 109 Å². The van der Waals surface area contributed by atoms with Gasteiger partial charge in [0.15, 0.2) is 11.9 Å². The van der Waals surface area contributed by atoms with Gasteiger partial charge in [0.1, 0.15) is 23.6 Å². The van der Waals surface area contributed by atoms with Crippen LogP contribution in [0.3, 0.4) is 0 Å². The minimum Gasteiger partial charge on any atom is -0.508 e. The molecular weight excluding hydrogens is 1970 g/mol. The van der Waals surface area contributed by atoms with Crippen LogP contribution in [-0.2, 0) is 89.6 Å². The molecule has 0 bridgehead atoms. The number of amides is 12. The lowest BCUT2D eigenvalue weighted by molar-refractivity contribution is -0.193. The quantitative estimate of drug-likeness (QED) is 0.0102. The summed E-state index contributed by atoms with van der Waals surface area (Å²) in [6, 6.07) is 46.8. The van der Waals surface area contributed by atoms with Gasteiger partial charge in [-0.3, -0.25) is 43.3 Å². The zero-order valence-electron chi connectivity index (χ0n) is 78.7. The maximum absolute atomic E-state index is 14.0. The van der Waals surface area contributed by atoms with Crippen LogP contribution in [0.5, 0.6) is 11.5 Å². The summed E-state index contributed by atoms with van der Waals surface area (Å²) in [5.41, 5.74) is 22.4. The van der Waals surface area contributed by atoms with Crippen molar-refractivity contribution in [2.45, 2.75) is 126 Å². The largest absolute Gasteiger partial charge is 0.508 e. The van der Waals surface area contributed by atoms with Gasteiger partial charge in [-0.05, 0) is 96.2 Å². The molecule has 0 aliphatic heterocycles. The van der Waals surface area contributed by atoms with Crippen molar-refractivity contribution in [1.29, 1.82) is 0 Å². The van der Waals surface area contributed by atoms with Crippen LogP contribution in [0.25, 0.3) is 0 Å². The number of hydrogen-bond donors (Lipinski definition) is 21. The van der Waals surface area contributed by atoms with Gasteiger partial charge < -0.3 is 131 Å². The zero-order valence-corrected chi connectivity index (χ0v) is 78.7. The number of ether oxygens (including phenoxy) is 4. The highest BCUT2D eigenvalue weighted by atomic mass is 19.4. The maximum atomic E-state index is 14.0. The number of urea groups is 2. The first-order valence-electron chi connectivity index (χ1n) is 44.8. The predicted molar refractivity (Wildman–Crippen MR) is 501 cm³/mol. The highest BCUT2D eigenvalue weighted by Gasteiger charge is 2.41. The summed E-state index contributed by atoms with van der Waals surface area (Å²) >= 11 is 0. The molecule has 0 spiro atoms. The number of aromatic hydroxyl groups is 2. The van der Waals surface area contributed by atoms with Gasteiger partial charge in [-0.2, -0.15) is 62.7 Å². The number of carboxylic acids is 4. The second kappa shape index (κ2) is 71.4. The molecule has 0 aliphatic carbocycles. The van der Waals surface area contributed by atoms with Gasteiger partial charge in [0.25, 0.3) is 0 Å². The molecule has 6 rings (SSSR count). The van der Waals surface area contributed by atoms with Crippen LogP contribution < -0.4 is 81.0 Å². The van der Waals surface area contributed by atoms with E-state index in [-0.39, 0.29) is 203 Å². The standard InChI is InChI=1S/C84H116N18O16.4C2HF3O2/c85-39-48-102(49-42-88-71(105)27-13-29-73(107)90-44-51-115-55-57-117-53-46-94-83(113)100-81(86)92-40-15-25-69(77(109)96-59-61-31-35-67(103)36-32-61)98-79(111)75(63-17-5-1-6-18-63)64-19-7-2-8-20-64)50-43-89-72(106)28-14-30-74(108)91-45-52-116-56-58-118-54-47-95-84(114)101-82(87)93-41-16-26-70(78(110)97-60-62-33-37-68(104)38-34-62)99-80(112)76(65-21-9-3-10-22-65)66-23-11-4-12-24-66;4*3-2(4,5)1(6)7/h1-12,17-24,31-38,69-70,75-76,103-104H,13-16,25-30,39-60,85H2,(H,88,105)(H,89,106)(H,90,107)(H,91,108)(H,96,109)(H,97,110)(H,98,111)(H,99,112)(H4,86,92,94,100,113)(H4,87,93,95,101,114);4*(H,6,7)/t69-,70-;;;;/m1..../s1. The molecule has 42 nitrogen and oxygen atoms in total. The first-order chi connectivity index (χ1) is 69.1. The molecule has 146 heavy (non-hydrogen) atoms. The Balaban J connectivity index is 0.00000224. The first-order valence-corrected chi connectivity index (χ1v) is 44.8. The monoisotopic (exact) mass is 2090 g/mol. The topological polar surface area (TPSA) is 648 Å². The van der Waals surface area contributed by atoms with Crippen LogP contribution in [0.4, 0.5) is 62.3 Å². The number of aliphatic imine (C=N–C) groups is 2. The maximum Gasteiger partial charge on any atom is 0.490 e. The Morgan fingerprint density at radius 3 is 0.822 bits per heavy atom. The number of nitrogens with two attached hydrogens (primary N) is 3. The Bertz CT molecular complexity index is 4550. The normalized spacial score (nSPS) is 11.8. The molecule has 0 radical (unpaired) electrons. The van der Waals surface area contributed by atoms with Crippen molar-refractivity contribution in [3.63, 3.8) is 0 Å². The summed E-state index contributed by atoms with van der Waals surface area (Å²) in [6.07, 6.45) is -17.9. The van der Waals surface area contributed by atoms with Gasteiger partial charge in [0, 0.05) is 117 Å². The number of rotatable bonds is 56. The summed E-state index contributed by atoms with van der Waals surface area (Å²) in [4.78, 5) is 175. The Kier molecular flexibility index (Phi) is 62.1. The van der Waals surface area contributed by atoms with E-state index in [0.717, 1.165) is 33.4 Å². The number of aliphatic carboxylic acids is 4. The van der Waals surface area contributed by atoms with Crippen molar-refractivity contribution in [2.24, 2.45) is 27.2 Å². The van der Waals surface area contributed by atoms with E-state index in [1.807, 2.05) is 126 Å². The number of halogens is 12. The molecule has 0 saturated carbocycles. The molecule has 0 heterocycles. The number of carbonyl (C=O) groups excluding carboxylic acids is 10. The van der Waals surface area contributed by atoms with Gasteiger partial charge >= 0.3 is 60.6 Å². The van der Waals surface area contributed by atoms with E-state index in [0.29, 0.717) is 65.0 Å². The van der Waals surface area contributed by atoms with Gasteiger partial charge in [0.05, 0.1) is 64.7 Å². The van der Waals surface area contributed by atoms with E-state index >= 15 is 0 Å². The molecule has 6 aromatic rings. The second-order valence-electron chi connectivity index (χ2n) is 30.4. The van der Waals surface area contributed by atoms with Crippen molar-refractivity contribution in [3.8, 4) is 11.5 Å². The van der Waals surface area contributed by atoms with Crippen LogP contribution in [0.15, 0.2) is 180 Å². The number of guanidine groups is 2. The molecule has 12 amide bonds. The number of phenolic OH excluding ortho intramolecular Hbond substituents is 2. The van der Waals surface area contributed by atoms with Gasteiger partial charge in [-0.25, -0.2) is 28.8 Å². The third kappa shape index (κ3) is 61.1. The Hall–Kier alpha value is -15.0. The fraction of sp³-hybridized carbons (Fsp3) is 0.435. The van der Waals surface area contributed by atoms with E-state index in [9.17, 15) is 111 Å². The molecule has 24 N–H and O–H groups in total. The fourth-order valence-corrected chi connectivity index (χ4v) is 11.9. The smallest absolute Gasteiger partial charge is 0.490 e. The van der Waals surface area contributed by atoms with Gasteiger partial charge in [0.2, 0.25) is 47.3 Å². The Morgan fingerprint density at radius 2 is 0.568 bits per heavy atom. The van der Waals surface area contributed by atoms with E-state index in [1.165, 1.54) is 24.3 Å². The zero-order chi connectivity index (χ0) is 109. The number of hydrogen-bond acceptors (Lipinski definition) is 22. The van der Waals surface area contributed by atoms with Gasteiger partial charge in [-0.15, -0.1) is 0 Å². The average molecular weight is 2090 g/mol. The average Bonchev–Trinajstić information content (AvgIpc) is 0.825. The minimum atomic E-state index is -5.08. The van der Waals surface area contributed by atoms with Crippen LogP contribution in [0.2, 0.25) is 0 Å². The third-order valence-electron chi connectivity index (χ3n) is 19.0. The molecule has 2 atom stereocenters. The van der Waals surface area contributed by atoms with E-state index in [2.05, 4.69) is 73.8 Å². The van der Waals surface area contributed by atoms with Crippen LogP contribution in [0, 0.1) is 0 Å². The number of alkyl halides is 12. The lowest BCUT2D eigenvalue weighted by atomic mass is 9.90. The molecule has 0 fully saturated rings. The molecule has 806 valence electrons. The number of carboxylic acid groups (broad SMARTS) is 4. The minimum absolute atomic E-state index is 0.0965. The van der Waals surface area contributed by atoms with Gasteiger partial charge in [-0.1, -0.05) is 146 Å².